The van der Waals surface area contributed by atoms with E-state index in [9.17, 15) is 0 Å². The Labute approximate surface area is 217 Å². The van der Waals surface area contributed by atoms with Crippen LogP contribution in [0.25, 0.3) is 33.5 Å². The van der Waals surface area contributed by atoms with E-state index in [-0.39, 0.29) is 6.79 Å². The fourth-order valence-corrected chi connectivity index (χ4v) is 5.46. The van der Waals surface area contributed by atoms with E-state index < -0.39 is 0 Å². The lowest BCUT2D eigenvalue weighted by Crippen LogP contribution is -2.02. The maximum atomic E-state index is 6.50. The number of thioether (sulfide) groups is 1. The molecule has 6 rings (SSSR count). The highest BCUT2D eigenvalue weighted by Crippen LogP contribution is 2.39. The second-order valence-electron chi connectivity index (χ2n) is 8.23. The number of rotatable bonds is 7. The van der Waals surface area contributed by atoms with Gasteiger partial charge in [0.05, 0.1) is 11.2 Å². The number of benzene rings is 3. The highest BCUT2D eigenvalue weighted by Gasteiger charge is 2.20. The zero-order chi connectivity index (χ0) is 24.5. The maximum absolute atomic E-state index is 6.50. The third-order valence-electron chi connectivity index (χ3n) is 5.95. The smallest absolute Gasteiger partial charge is 0.231 e. The standard InChI is InChI=1S/C28H21ClN4O2S/c1-2-12-33-27(31-32-28(33)36-16-19-13-25-26(15-22(19)29)35-17-34-25)21-14-24(18-8-4-3-5-9-18)30-23-11-7-6-10-20(21)23/h2-11,13-15H,1,12,16-17H2. The molecule has 3 aromatic carbocycles. The van der Waals surface area contributed by atoms with E-state index in [0.717, 1.165) is 44.3 Å². The molecule has 36 heavy (non-hydrogen) atoms. The molecule has 1 aliphatic rings. The predicted octanol–water partition coefficient (Wildman–Crippen LogP) is 7.02. The van der Waals surface area contributed by atoms with Crippen molar-refractivity contribution in [3.05, 3.63) is 96.0 Å². The third-order valence-corrected chi connectivity index (χ3v) is 7.32. The first-order valence-electron chi connectivity index (χ1n) is 11.4. The second-order valence-corrected chi connectivity index (χ2v) is 9.58. The van der Waals surface area contributed by atoms with Gasteiger partial charge in [-0.15, -0.1) is 16.8 Å². The summed E-state index contributed by atoms with van der Waals surface area (Å²) in [6.45, 7) is 4.74. The monoisotopic (exact) mass is 512 g/mol. The average molecular weight is 513 g/mol. The summed E-state index contributed by atoms with van der Waals surface area (Å²) in [6.07, 6.45) is 1.85. The van der Waals surface area contributed by atoms with Gasteiger partial charge in [0, 0.05) is 39.9 Å². The number of pyridine rings is 1. The van der Waals surface area contributed by atoms with Gasteiger partial charge in [-0.05, 0) is 23.8 Å². The summed E-state index contributed by atoms with van der Waals surface area (Å²) >= 11 is 8.07. The molecule has 2 aromatic heterocycles. The van der Waals surface area contributed by atoms with Gasteiger partial charge < -0.3 is 9.47 Å². The number of fused-ring (bicyclic) bond motifs is 2. The van der Waals surface area contributed by atoms with Gasteiger partial charge in [0.15, 0.2) is 22.5 Å². The lowest BCUT2D eigenvalue weighted by molar-refractivity contribution is 0.174. The van der Waals surface area contributed by atoms with Crippen LogP contribution >= 0.6 is 23.4 Å². The van der Waals surface area contributed by atoms with Crippen LogP contribution in [-0.2, 0) is 12.3 Å². The van der Waals surface area contributed by atoms with E-state index in [1.807, 2.05) is 48.5 Å². The molecule has 0 aliphatic carbocycles. The SMILES string of the molecule is C=CCn1c(SCc2cc3c(cc2Cl)OCO3)nnc1-c1cc(-c2ccccc2)nc2ccccc12. The van der Waals surface area contributed by atoms with Gasteiger partial charge in [-0.25, -0.2) is 4.98 Å². The number of allylic oxidation sites excluding steroid dienone is 1. The van der Waals surface area contributed by atoms with Crippen LogP contribution in [0.3, 0.4) is 0 Å². The first-order valence-corrected chi connectivity index (χ1v) is 12.8. The molecule has 0 fully saturated rings. The second kappa shape index (κ2) is 9.68. The van der Waals surface area contributed by atoms with Gasteiger partial charge in [0.2, 0.25) is 6.79 Å². The van der Waals surface area contributed by atoms with Crippen LogP contribution in [-0.4, -0.2) is 26.5 Å². The van der Waals surface area contributed by atoms with Crippen LogP contribution in [0, 0.1) is 0 Å². The van der Waals surface area contributed by atoms with Gasteiger partial charge in [0.1, 0.15) is 0 Å². The van der Waals surface area contributed by atoms with Gasteiger partial charge >= 0.3 is 0 Å². The number of para-hydroxylation sites is 1. The Balaban J connectivity index is 1.40. The minimum absolute atomic E-state index is 0.212. The number of hydrogen-bond donors (Lipinski definition) is 0. The fraction of sp³-hybridized carbons (Fsp3) is 0.107. The molecule has 8 heteroatoms. The Bertz CT molecular complexity index is 1590. The molecular formula is C28H21ClN4O2S. The summed E-state index contributed by atoms with van der Waals surface area (Å²) < 4.78 is 13.0. The Morgan fingerprint density at radius 3 is 2.58 bits per heavy atom. The predicted molar refractivity (Wildman–Crippen MR) is 144 cm³/mol. The van der Waals surface area contributed by atoms with Crippen molar-refractivity contribution in [3.63, 3.8) is 0 Å². The topological polar surface area (TPSA) is 62.1 Å². The number of aromatic nitrogens is 4. The maximum Gasteiger partial charge on any atom is 0.231 e. The first-order chi connectivity index (χ1) is 17.7. The van der Waals surface area contributed by atoms with E-state index >= 15 is 0 Å². The van der Waals surface area contributed by atoms with Crippen molar-refractivity contribution in [2.24, 2.45) is 0 Å². The molecule has 3 heterocycles. The van der Waals surface area contributed by atoms with Crippen LogP contribution in [0.5, 0.6) is 11.5 Å². The van der Waals surface area contributed by atoms with Crippen LogP contribution in [0.15, 0.2) is 90.6 Å². The molecule has 5 aromatic rings. The van der Waals surface area contributed by atoms with E-state index in [1.54, 1.807) is 17.8 Å². The first kappa shape index (κ1) is 22.6. The van der Waals surface area contributed by atoms with E-state index in [1.165, 1.54) is 0 Å². The quantitative estimate of drug-likeness (QED) is 0.172. The zero-order valence-corrected chi connectivity index (χ0v) is 20.8. The molecule has 0 amide bonds. The van der Waals surface area contributed by atoms with Crippen molar-refractivity contribution in [1.29, 1.82) is 0 Å². The van der Waals surface area contributed by atoms with Crippen LogP contribution in [0.2, 0.25) is 5.02 Å². The molecule has 6 nitrogen and oxygen atoms in total. The largest absolute Gasteiger partial charge is 0.454 e. The van der Waals surface area contributed by atoms with Crippen molar-refractivity contribution in [3.8, 4) is 34.1 Å². The third kappa shape index (κ3) is 4.21. The van der Waals surface area contributed by atoms with Gasteiger partial charge in [-0.3, -0.25) is 4.57 Å². The van der Waals surface area contributed by atoms with Crippen LogP contribution in [0.4, 0.5) is 0 Å². The minimum atomic E-state index is 0.212. The molecule has 0 unspecified atom stereocenters. The summed E-state index contributed by atoms with van der Waals surface area (Å²) in [6, 6.07) is 24.1. The summed E-state index contributed by atoms with van der Waals surface area (Å²) in [4.78, 5) is 4.91. The fourth-order valence-electron chi connectivity index (χ4n) is 4.22. The molecule has 1 aliphatic heterocycles. The van der Waals surface area contributed by atoms with Gasteiger partial charge in [-0.1, -0.05) is 78.0 Å². The molecule has 0 bridgehead atoms. The summed E-state index contributed by atoms with van der Waals surface area (Å²) in [5, 5.41) is 11.6. The number of nitrogens with zero attached hydrogens (tertiary/aromatic N) is 4. The lowest BCUT2D eigenvalue weighted by atomic mass is 10.0. The zero-order valence-electron chi connectivity index (χ0n) is 19.2. The van der Waals surface area contributed by atoms with Crippen molar-refractivity contribution >= 4 is 34.3 Å². The molecule has 0 spiro atoms. The molecule has 178 valence electrons. The van der Waals surface area contributed by atoms with Crippen LogP contribution in [0.1, 0.15) is 5.56 Å². The van der Waals surface area contributed by atoms with Gasteiger partial charge in [-0.2, -0.15) is 0 Å². The van der Waals surface area contributed by atoms with Crippen molar-refractivity contribution in [1.82, 2.24) is 19.7 Å². The van der Waals surface area contributed by atoms with Crippen molar-refractivity contribution in [2.45, 2.75) is 17.5 Å². The Hall–Kier alpha value is -3.81. The molecule has 0 saturated heterocycles. The van der Waals surface area contributed by atoms with Gasteiger partial charge in [0.25, 0.3) is 0 Å². The molecular weight excluding hydrogens is 492 g/mol. The summed E-state index contributed by atoms with van der Waals surface area (Å²) in [5.41, 5.74) is 4.76. The minimum Gasteiger partial charge on any atom is -0.454 e. The summed E-state index contributed by atoms with van der Waals surface area (Å²) in [5.74, 6) is 2.76. The Morgan fingerprint density at radius 2 is 1.75 bits per heavy atom. The van der Waals surface area contributed by atoms with Crippen molar-refractivity contribution in [2.75, 3.05) is 6.79 Å². The average Bonchev–Trinajstić information content (AvgIpc) is 3.53. The van der Waals surface area contributed by atoms with E-state index in [4.69, 9.17) is 26.1 Å². The Kier molecular flexibility index (Phi) is 6.09. The molecule has 0 N–H and O–H groups in total. The number of halogens is 1. The highest BCUT2D eigenvalue weighted by molar-refractivity contribution is 7.98. The summed E-state index contributed by atoms with van der Waals surface area (Å²) in [7, 11) is 0. The lowest BCUT2D eigenvalue weighted by Gasteiger charge is -2.12. The molecule has 0 saturated carbocycles. The molecule has 0 radical (unpaired) electrons. The van der Waals surface area contributed by atoms with E-state index in [2.05, 4.69) is 45.6 Å². The molecule has 0 atom stereocenters. The normalized spacial score (nSPS) is 12.2. The van der Waals surface area contributed by atoms with Crippen LogP contribution < -0.4 is 9.47 Å². The van der Waals surface area contributed by atoms with Crippen molar-refractivity contribution < 1.29 is 9.47 Å². The number of hydrogen-bond acceptors (Lipinski definition) is 6. The Morgan fingerprint density at radius 1 is 0.972 bits per heavy atom. The number of ether oxygens (including phenoxy) is 2. The van der Waals surface area contributed by atoms with E-state index in [0.29, 0.717) is 28.8 Å². The highest BCUT2D eigenvalue weighted by atomic mass is 35.5.